The van der Waals surface area contributed by atoms with E-state index in [4.69, 9.17) is 0 Å². The second-order valence-corrected chi connectivity index (χ2v) is 7.57. The summed E-state index contributed by atoms with van der Waals surface area (Å²) in [6.45, 7) is 1.13. The molecule has 2 fully saturated rings. The fraction of sp³-hybridized carbons (Fsp3) is 0.389. The molecule has 7 heteroatoms. The minimum atomic E-state index is -0.512. The highest BCUT2D eigenvalue weighted by atomic mass is 79.9. The van der Waals surface area contributed by atoms with Crippen molar-refractivity contribution in [1.82, 2.24) is 15.2 Å². The number of ketones is 1. The average Bonchev–Trinajstić information content (AvgIpc) is 3.17. The number of halogens is 1. The summed E-state index contributed by atoms with van der Waals surface area (Å²) in [5.41, 5.74) is -0.512. The molecule has 0 radical (unpaired) electrons. The number of fused-ring (bicyclic) bond motifs is 1. The van der Waals surface area contributed by atoms with Crippen molar-refractivity contribution in [2.45, 2.75) is 24.4 Å². The second-order valence-electron chi connectivity index (χ2n) is 6.76. The van der Waals surface area contributed by atoms with Gasteiger partial charge in [0.2, 0.25) is 5.91 Å². The molecule has 0 bridgehead atoms. The Hall–Kier alpha value is -1.99. The van der Waals surface area contributed by atoms with Crippen LogP contribution < -0.4 is 10.6 Å². The van der Waals surface area contributed by atoms with Crippen molar-refractivity contribution in [1.29, 1.82) is 0 Å². The predicted octanol–water partition coefficient (Wildman–Crippen LogP) is 1.86. The molecule has 130 valence electrons. The fourth-order valence-corrected chi connectivity index (χ4v) is 4.02. The molecule has 1 saturated carbocycles. The van der Waals surface area contributed by atoms with Crippen molar-refractivity contribution in [2.75, 3.05) is 18.4 Å². The summed E-state index contributed by atoms with van der Waals surface area (Å²) in [7, 11) is 0. The number of aromatic nitrogens is 1. The number of nitrogens with zero attached hydrogens (tertiary/aromatic N) is 2. The van der Waals surface area contributed by atoms with Gasteiger partial charge in [-0.2, -0.15) is 0 Å². The molecule has 4 rings (SSSR count). The average molecular weight is 403 g/mol. The van der Waals surface area contributed by atoms with E-state index in [9.17, 15) is 9.59 Å². The normalized spacial score (nSPS) is 29.4. The van der Waals surface area contributed by atoms with Crippen LogP contribution in [-0.4, -0.2) is 46.2 Å². The number of carbonyl (C=O) groups excluding carboxylic acids is 2. The Morgan fingerprint density at radius 3 is 3.04 bits per heavy atom. The molecule has 3 unspecified atom stereocenters. The first kappa shape index (κ1) is 16.5. The number of Topliss-reactive ketones (excluding diaryl/α,β-unsaturated/α-hetero) is 1. The molecule has 2 aliphatic heterocycles. The Morgan fingerprint density at radius 1 is 1.40 bits per heavy atom. The van der Waals surface area contributed by atoms with E-state index in [0.717, 1.165) is 13.0 Å². The van der Waals surface area contributed by atoms with Gasteiger partial charge in [-0.1, -0.05) is 18.2 Å². The summed E-state index contributed by atoms with van der Waals surface area (Å²) in [5.74, 6) is 0.807. The smallest absolute Gasteiger partial charge is 0.242 e. The van der Waals surface area contributed by atoms with E-state index in [0.29, 0.717) is 23.4 Å². The number of piperidine rings is 1. The lowest BCUT2D eigenvalue weighted by Gasteiger charge is -2.23. The first-order valence-electron chi connectivity index (χ1n) is 8.39. The molecule has 0 spiro atoms. The number of carbonyl (C=O) groups is 2. The predicted molar refractivity (Wildman–Crippen MR) is 97.8 cm³/mol. The summed E-state index contributed by atoms with van der Waals surface area (Å²) in [6, 6.07) is 5.02. The van der Waals surface area contributed by atoms with Gasteiger partial charge in [-0.3, -0.25) is 14.9 Å². The third-order valence-electron chi connectivity index (χ3n) is 5.07. The molecule has 1 amide bonds. The maximum Gasteiger partial charge on any atom is 0.242 e. The summed E-state index contributed by atoms with van der Waals surface area (Å²) in [4.78, 5) is 31.4. The summed E-state index contributed by atoms with van der Waals surface area (Å²) in [5, 5.41) is 6.11. The lowest BCUT2D eigenvalue weighted by atomic mass is 10.1. The maximum absolute atomic E-state index is 12.7. The van der Waals surface area contributed by atoms with Crippen LogP contribution in [0.5, 0.6) is 0 Å². The molecule has 1 saturated heterocycles. The van der Waals surface area contributed by atoms with Crippen LogP contribution in [0.1, 0.15) is 12.8 Å². The Kier molecular flexibility index (Phi) is 4.21. The molecule has 25 heavy (non-hydrogen) atoms. The molecule has 3 heterocycles. The zero-order valence-electron chi connectivity index (χ0n) is 13.6. The quantitative estimate of drug-likeness (QED) is 0.735. The molecule has 6 nitrogen and oxygen atoms in total. The molecule has 1 aromatic heterocycles. The van der Waals surface area contributed by atoms with Gasteiger partial charge in [0.05, 0.1) is 18.1 Å². The van der Waals surface area contributed by atoms with Crippen molar-refractivity contribution in [2.24, 2.45) is 5.92 Å². The number of nitrogens with one attached hydrogen (secondary N) is 2. The Bertz CT molecular complexity index is 778. The number of hydrogen-bond donors (Lipinski definition) is 2. The first-order valence-corrected chi connectivity index (χ1v) is 9.18. The molecule has 1 aromatic rings. The maximum atomic E-state index is 12.7. The van der Waals surface area contributed by atoms with Crippen molar-refractivity contribution in [3.8, 4) is 0 Å². The monoisotopic (exact) mass is 402 g/mol. The highest BCUT2D eigenvalue weighted by molar-refractivity contribution is 9.10. The fourth-order valence-electron chi connectivity index (χ4n) is 3.68. The SMILES string of the molecule is O=C(Nc1cccc(Br)n1)C1CC2CC2(C(=O)CN2C=CC=CC2)N1. The Morgan fingerprint density at radius 2 is 2.28 bits per heavy atom. The van der Waals surface area contributed by atoms with Crippen LogP contribution in [0.25, 0.3) is 0 Å². The van der Waals surface area contributed by atoms with Gasteiger partial charge < -0.3 is 10.2 Å². The van der Waals surface area contributed by atoms with Crippen LogP contribution in [0.4, 0.5) is 5.82 Å². The van der Waals surface area contributed by atoms with Gasteiger partial charge in [-0.15, -0.1) is 0 Å². The number of hydrogen-bond acceptors (Lipinski definition) is 5. The summed E-state index contributed by atoms with van der Waals surface area (Å²) in [6.07, 6.45) is 9.40. The minimum Gasteiger partial charge on any atom is -0.366 e. The van der Waals surface area contributed by atoms with E-state index >= 15 is 0 Å². The Balaban J connectivity index is 1.36. The molecule has 0 aromatic carbocycles. The lowest BCUT2D eigenvalue weighted by molar-refractivity contribution is -0.123. The molecule has 2 N–H and O–H groups in total. The van der Waals surface area contributed by atoms with Crippen molar-refractivity contribution in [3.63, 3.8) is 0 Å². The lowest BCUT2D eigenvalue weighted by Crippen LogP contribution is -2.49. The number of allylic oxidation sites excluding steroid dienone is 2. The highest BCUT2D eigenvalue weighted by Gasteiger charge is 2.65. The van der Waals surface area contributed by atoms with E-state index in [2.05, 4.69) is 31.5 Å². The number of rotatable bonds is 5. The molecule has 3 atom stereocenters. The third-order valence-corrected chi connectivity index (χ3v) is 5.51. The largest absolute Gasteiger partial charge is 0.366 e. The van der Waals surface area contributed by atoms with Crippen LogP contribution >= 0.6 is 15.9 Å². The topological polar surface area (TPSA) is 74.3 Å². The zero-order chi connectivity index (χ0) is 17.4. The van der Waals surface area contributed by atoms with E-state index in [1.54, 1.807) is 12.1 Å². The first-order chi connectivity index (χ1) is 12.1. The standard InChI is InChI=1S/C18H19BrN4O2/c19-15-5-4-6-16(20-15)21-17(25)13-9-12-10-18(12,22-13)14(24)11-23-7-2-1-3-8-23/h1-7,12-13,22H,8-11H2,(H,20,21,25). The van der Waals surface area contributed by atoms with Gasteiger partial charge in [0.1, 0.15) is 10.4 Å². The van der Waals surface area contributed by atoms with Gasteiger partial charge in [-0.25, -0.2) is 4.98 Å². The van der Waals surface area contributed by atoms with Crippen LogP contribution in [0.3, 0.4) is 0 Å². The van der Waals surface area contributed by atoms with E-state index in [-0.39, 0.29) is 23.7 Å². The van der Waals surface area contributed by atoms with Crippen molar-refractivity contribution >= 4 is 33.4 Å². The molecule has 1 aliphatic carbocycles. The zero-order valence-corrected chi connectivity index (χ0v) is 15.2. The highest BCUT2D eigenvalue weighted by Crippen LogP contribution is 2.52. The van der Waals surface area contributed by atoms with E-state index in [1.807, 2.05) is 35.4 Å². The molecular weight excluding hydrogens is 384 g/mol. The van der Waals surface area contributed by atoms with Crippen molar-refractivity contribution in [3.05, 3.63) is 47.2 Å². The van der Waals surface area contributed by atoms with Gasteiger partial charge in [0.15, 0.2) is 5.78 Å². The van der Waals surface area contributed by atoms with Gasteiger partial charge in [0, 0.05) is 6.54 Å². The molecule has 3 aliphatic rings. The van der Waals surface area contributed by atoms with Crippen molar-refractivity contribution < 1.29 is 9.59 Å². The van der Waals surface area contributed by atoms with Crippen LogP contribution in [0.15, 0.2) is 47.2 Å². The van der Waals surface area contributed by atoms with Gasteiger partial charge in [0.25, 0.3) is 0 Å². The number of amides is 1. The van der Waals surface area contributed by atoms with E-state index < -0.39 is 5.54 Å². The summed E-state index contributed by atoms with van der Waals surface area (Å²) >= 11 is 3.29. The van der Waals surface area contributed by atoms with Gasteiger partial charge in [-0.05, 0) is 59.1 Å². The molecular formula is C18H19BrN4O2. The summed E-state index contributed by atoms with van der Waals surface area (Å²) < 4.78 is 0.669. The second kappa shape index (κ2) is 6.38. The van der Waals surface area contributed by atoms with Gasteiger partial charge >= 0.3 is 0 Å². The van der Waals surface area contributed by atoms with E-state index in [1.165, 1.54) is 0 Å². The van der Waals surface area contributed by atoms with Crippen LogP contribution in [0, 0.1) is 5.92 Å². The Labute approximate surface area is 154 Å². The third kappa shape index (κ3) is 3.26. The minimum absolute atomic E-state index is 0.134. The number of anilines is 1. The number of pyridine rings is 1. The van der Waals surface area contributed by atoms with Crippen LogP contribution in [-0.2, 0) is 9.59 Å². The van der Waals surface area contributed by atoms with Crippen LogP contribution in [0.2, 0.25) is 0 Å².